The van der Waals surface area contributed by atoms with Crippen LogP contribution in [0.2, 0.25) is 0 Å². The molecule has 13 nitrogen and oxygen atoms in total. The summed E-state index contributed by atoms with van der Waals surface area (Å²) in [6, 6.07) is 9.35. The van der Waals surface area contributed by atoms with Crippen LogP contribution < -0.4 is 0 Å². The fourth-order valence-corrected chi connectivity index (χ4v) is 3.60. The smallest absolute Gasteiger partial charge is 0.187 e. The van der Waals surface area contributed by atoms with Crippen LogP contribution in [0.5, 0.6) is 0 Å². The molecular formula is C21H31NO12. The highest BCUT2D eigenvalue weighted by Gasteiger charge is 2.50. The number of ether oxygens (including phenoxy) is 4. The van der Waals surface area contributed by atoms with E-state index in [-0.39, 0.29) is 13.2 Å². The normalized spacial score (nSPS) is 38.8. The second-order valence-corrected chi connectivity index (χ2v) is 7.89. The van der Waals surface area contributed by atoms with Crippen LogP contribution in [0.4, 0.5) is 0 Å². The number of benzene rings is 1. The highest BCUT2D eigenvalue weighted by Crippen LogP contribution is 2.29. The predicted octanol–water partition coefficient (Wildman–Crippen LogP) is -3.17. The van der Waals surface area contributed by atoms with Crippen LogP contribution in [0.3, 0.4) is 0 Å². The average Bonchev–Trinajstić information content (AvgIpc) is 2.85. The summed E-state index contributed by atoms with van der Waals surface area (Å²) in [4.78, 5) is 5.13. The first-order valence-electron chi connectivity index (χ1n) is 10.7. The van der Waals surface area contributed by atoms with Gasteiger partial charge in [-0.25, -0.2) is 0 Å². The van der Waals surface area contributed by atoms with E-state index < -0.39 is 74.6 Å². The third-order valence-corrected chi connectivity index (χ3v) is 5.52. The molecule has 0 aliphatic carbocycles. The van der Waals surface area contributed by atoms with Gasteiger partial charge in [-0.05, 0) is 5.56 Å². The molecule has 3 rings (SSSR count). The Morgan fingerprint density at radius 3 is 2.12 bits per heavy atom. The van der Waals surface area contributed by atoms with E-state index in [2.05, 4.69) is 5.16 Å². The van der Waals surface area contributed by atoms with Crippen LogP contribution in [0.15, 0.2) is 35.5 Å². The zero-order chi connectivity index (χ0) is 24.7. The molecule has 34 heavy (non-hydrogen) atoms. The van der Waals surface area contributed by atoms with Crippen LogP contribution in [0.1, 0.15) is 5.56 Å². The van der Waals surface area contributed by atoms with Gasteiger partial charge in [0.25, 0.3) is 0 Å². The van der Waals surface area contributed by atoms with Crippen LogP contribution in [-0.2, 0) is 30.4 Å². The van der Waals surface area contributed by atoms with Gasteiger partial charge in [0.1, 0.15) is 55.4 Å². The third kappa shape index (κ3) is 6.47. The second kappa shape index (κ2) is 12.8. The van der Waals surface area contributed by atoms with Gasteiger partial charge in [0.15, 0.2) is 12.6 Å². The summed E-state index contributed by atoms with van der Waals surface area (Å²) >= 11 is 0. The number of oxime groups is 1. The lowest BCUT2D eigenvalue weighted by molar-refractivity contribution is -0.358. The van der Waals surface area contributed by atoms with Crippen molar-refractivity contribution >= 4 is 6.21 Å². The molecule has 1 aromatic carbocycles. The molecule has 0 bridgehead atoms. The maximum Gasteiger partial charge on any atom is 0.187 e. The van der Waals surface area contributed by atoms with Crippen molar-refractivity contribution in [2.75, 3.05) is 19.8 Å². The Labute approximate surface area is 195 Å². The third-order valence-electron chi connectivity index (χ3n) is 5.52. The predicted molar refractivity (Wildman–Crippen MR) is 112 cm³/mol. The van der Waals surface area contributed by atoms with Gasteiger partial charge in [-0.3, -0.25) is 0 Å². The minimum atomic E-state index is -1.73. The lowest BCUT2D eigenvalue weighted by Gasteiger charge is -2.45. The average molecular weight is 489 g/mol. The second-order valence-electron chi connectivity index (χ2n) is 7.89. The van der Waals surface area contributed by atoms with E-state index in [4.69, 9.17) is 23.8 Å². The lowest BCUT2D eigenvalue weighted by atomic mass is 9.97. The first-order valence-corrected chi connectivity index (χ1v) is 10.7. The van der Waals surface area contributed by atoms with Gasteiger partial charge in [-0.15, -0.1) is 0 Å². The highest BCUT2D eigenvalue weighted by molar-refractivity contribution is 5.57. The first kappa shape index (κ1) is 26.8. The van der Waals surface area contributed by atoms with E-state index in [9.17, 15) is 35.7 Å². The van der Waals surface area contributed by atoms with Crippen molar-refractivity contribution < 1.29 is 59.5 Å². The fraction of sp³-hybridized carbons (Fsp3) is 0.667. The largest absolute Gasteiger partial charge is 0.394 e. The van der Waals surface area contributed by atoms with Gasteiger partial charge in [0.2, 0.25) is 0 Å². The number of nitrogens with zero attached hydrogens (tertiary/aromatic N) is 1. The van der Waals surface area contributed by atoms with E-state index in [0.717, 1.165) is 5.56 Å². The van der Waals surface area contributed by atoms with Crippen LogP contribution in [0.25, 0.3) is 0 Å². The van der Waals surface area contributed by atoms with Crippen molar-refractivity contribution in [1.29, 1.82) is 0 Å². The zero-order valence-electron chi connectivity index (χ0n) is 18.2. The van der Waals surface area contributed by atoms with Gasteiger partial charge in [0, 0.05) is 0 Å². The molecule has 6 unspecified atom stereocenters. The van der Waals surface area contributed by atoms with E-state index in [1.807, 2.05) is 30.3 Å². The molecule has 192 valence electrons. The molecule has 2 fully saturated rings. The summed E-state index contributed by atoms with van der Waals surface area (Å²) in [7, 11) is 0. The summed E-state index contributed by atoms with van der Waals surface area (Å²) in [5.74, 6) is 0. The molecule has 2 aliphatic heterocycles. The minimum absolute atomic E-state index is 0.139. The van der Waals surface area contributed by atoms with Crippen molar-refractivity contribution in [3.63, 3.8) is 0 Å². The fourth-order valence-electron chi connectivity index (χ4n) is 3.60. The molecule has 0 aromatic heterocycles. The lowest BCUT2D eigenvalue weighted by Crippen LogP contribution is -2.64. The Morgan fingerprint density at radius 2 is 1.44 bits per heavy atom. The maximum atomic E-state index is 10.5. The van der Waals surface area contributed by atoms with E-state index in [1.165, 1.54) is 6.21 Å². The number of aliphatic hydroxyl groups is 7. The van der Waals surface area contributed by atoms with Crippen molar-refractivity contribution in [3.8, 4) is 0 Å². The van der Waals surface area contributed by atoms with E-state index in [1.54, 1.807) is 0 Å². The van der Waals surface area contributed by atoms with Gasteiger partial charge in [-0.2, -0.15) is 0 Å². The first-order chi connectivity index (χ1) is 16.4. The molecule has 0 amide bonds. The molecule has 2 aliphatic rings. The number of hydrogen-bond donors (Lipinski definition) is 7. The molecule has 1 aromatic rings. The molecule has 0 spiro atoms. The van der Waals surface area contributed by atoms with Gasteiger partial charge < -0.3 is 59.5 Å². The van der Waals surface area contributed by atoms with Crippen molar-refractivity contribution in [2.45, 2.75) is 68.0 Å². The van der Waals surface area contributed by atoms with E-state index >= 15 is 0 Å². The Morgan fingerprint density at radius 1 is 0.794 bits per heavy atom. The van der Waals surface area contributed by atoms with Gasteiger partial charge >= 0.3 is 0 Å². The molecule has 0 radical (unpaired) electrons. The maximum absolute atomic E-state index is 10.5. The Kier molecular flexibility index (Phi) is 10.1. The minimum Gasteiger partial charge on any atom is -0.394 e. The van der Waals surface area contributed by atoms with Crippen LogP contribution >= 0.6 is 0 Å². The summed E-state index contributed by atoms with van der Waals surface area (Å²) in [5.41, 5.74) is 0.922. The van der Waals surface area contributed by atoms with Gasteiger partial charge in [-0.1, -0.05) is 35.5 Å². The molecule has 10 atom stereocenters. The Balaban J connectivity index is 1.52. The summed E-state index contributed by atoms with van der Waals surface area (Å²) in [6.07, 6.45) is -13.8. The van der Waals surface area contributed by atoms with Gasteiger partial charge in [0.05, 0.1) is 26.0 Å². The Hall–Kier alpha value is -1.75. The SMILES string of the molecule is OCC1O[C@@H](O[C@@H]2C(CO)O[C@@H](OCC=NOCc3ccccc3)C(O)C2O)C(O)C(O)[C@H]1O. The number of aliphatic hydroxyl groups excluding tert-OH is 7. The zero-order valence-corrected chi connectivity index (χ0v) is 18.2. The molecule has 7 N–H and O–H groups in total. The highest BCUT2D eigenvalue weighted by atomic mass is 16.7. The number of hydrogen-bond acceptors (Lipinski definition) is 13. The monoisotopic (exact) mass is 489 g/mol. The number of rotatable bonds is 10. The van der Waals surface area contributed by atoms with Crippen LogP contribution in [-0.4, -0.2) is 123 Å². The standard InChI is InChI=1S/C21H31NO12/c23-8-12-14(25)15(26)17(28)21(32-12)34-19-13(9-24)33-20(18(29)16(19)27)30-7-6-22-31-10-11-4-2-1-3-5-11/h1-6,12-21,23-29H,7-10H2/t12?,13?,14-,15?,16?,17?,18?,19+,20+,21-/m0/s1. The Bertz CT molecular complexity index is 751. The van der Waals surface area contributed by atoms with Crippen LogP contribution in [0, 0.1) is 0 Å². The molecule has 2 heterocycles. The topological polar surface area (TPSA) is 200 Å². The summed E-state index contributed by atoms with van der Waals surface area (Å²) in [6.45, 7) is -1.21. The molecular weight excluding hydrogens is 458 g/mol. The molecule has 13 heteroatoms. The van der Waals surface area contributed by atoms with Crippen molar-refractivity contribution in [3.05, 3.63) is 35.9 Å². The molecule has 0 saturated carbocycles. The van der Waals surface area contributed by atoms with Crippen molar-refractivity contribution in [1.82, 2.24) is 0 Å². The quantitative estimate of drug-likeness (QED) is 0.129. The summed E-state index contributed by atoms with van der Waals surface area (Å²) in [5, 5.41) is 73.5. The summed E-state index contributed by atoms with van der Waals surface area (Å²) < 4.78 is 21.6. The molecule has 2 saturated heterocycles. The van der Waals surface area contributed by atoms with Crippen molar-refractivity contribution in [2.24, 2.45) is 5.16 Å². The van der Waals surface area contributed by atoms with E-state index in [0.29, 0.717) is 0 Å².